The molecule has 0 saturated carbocycles. The third-order valence-electron chi connectivity index (χ3n) is 8.97. The van der Waals surface area contributed by atoms with Crippen LogP contribution in [0.1, 0.15) is 142 Å². The molecule has 0 N–H and O–H groups in total. The molecule has 322 valence electrons. The van der Waals surface area contributed by atoms with E-state index in [1.165, 1.54) is 0 Å². The van der Waals surface area contributed by atoms with Crippen LogP contribution in [0, 0.1) is 0 Å². The van der Waals surface area contributed by atoms with E-state index in [9.17, 15) is 19.5 Å². The summed E-state index contributed by atoms with van der Waals surface area (Å²) in [7, 11) is 5.37. The minimum atomic E-state index is -1.14. The van der Waals surface area contributed by atoms with Crippen molar-refractivity contribution in [3.8, 4) is 0 Å². The summed E-state index contributed by atoms with van der Waals surface area (Å²) in [6.45, 7) is 4.35. The van der Waals surface area contributed by atoms with Gasteiger partial charge in [-0.3, -0.25) is 9.59 Å². The van der Waals surface area contributed by atoms with Crippen LogP contribution < -0.4 is 5.11 Å². The zero-order valence-electron chi connectivity index (χ0n) is 36.5. The van der Waals surface area contributed by atoms with Crippen molar-refractivity contribution >= 4 is 17.9 Å². The smallest absolute Gasteiger partial charge is 0.306 e. The van der Waals surface area contributed by atoms with Crippen molar-refractivity contribution in [2.45, 2.75) is 154 Å². The van der Waals surface area contributed by atoms with Crippen molar-refractivity contribution in [1.82, 2.24) is 0 Å². The van der Waals surface area contributed by atoms with Crippen LogP contribution in [0.2, 0.25) is 0 Å². The standard InChI is InChI=1S/C49H79NO7/c1-6-8-10-12-14-16-18-20-21-22-23-24-25-26-27-28-30-31-33-35-37-39-47(51)56-44-45(43-55-42-41-46(49(53)54)50(3,4)5)57-48(52)40-38-36-34-32-29-19-17-15-13-11-9-7-2/h8-11,14-17,20-21,23-24,26-27,30-31,45-46H,6-7,12-13,18-19,22,25,28-29,32-44H2,1-5H3/b10-8+,11-9+,16-14+,17-15+,21-20+,24-23+,27-26+,31-30+. The Bertz CT molecular complexity index is 1250. The third kappa shape index (κ3) is 37.6. The van der Waals surface area contributed by atoms with E-state index >= 15 is 0 Å². The van der Waals surface area contributed by atoms with E-state index in [2.05, 4.69) is 111 Å². The van der Waals surface area contributed by atoms with Gasteiger partial charge in [-0.2, -0.15) is 0 Å². The van der Waals surface area contributed by atoms with Gasteiger partial charge in [-0.05, 0) is 89.9 Å². The van der Waals surface area contributed by atoms with E-state index in [1.807, 2.05) is 0 Å². The molecule has 8 heteroatoms. The Morgan fingerprint density at radius 1 is 0.526 bits per heavy atom. The van der Waals surface area contributed by atoms with Crippen molar-refractivity contribution in [1.29, 1.82) is 0 Å². The molecule has 0 amide bonds. The first kappa shape index (κ1) is 53.2. The van der Waals surface area contributed by atoms with Gasteiger partial charge in [0, 0.05) is 19.3 Å². The summed E-state index contributed by atoms with van der Waals surface area (Å²) in [5, 5.41) is 11.6. The topological polar surface area (TPSA) is 102 Å². The van der Waals surface area contributed by atoms with Crippen LogP contribution in [-0.2, 0) is 28.6 Å². The van der Waals surface area contributed by atoms with Crippen molar-refractivity contribution in [2.24, 2.45) is 0 Å². The predicted molar refractivity (Wildman–Crippen MR) is 235 cm³/mol. The van der Waals surface area contributed by atoms with Gasteiger partial charge in [0.2, 0.25) is 0 Å². The molecule has 0 rings (SSSR count). The first-order chi connectivity index (χ1) is 27.6. The number of quaternary nitrogens is 1. The van der Waals surface area contributed by atoms with Gasteiger partial charge in [0.25, 0.3) is 0 Å². The molecular formula is C49H79NO7. The maximum atomic E-state index is 12.7. The van der Waals surface area contributed by atoms with E-state index in [-0.39, 0.29) is 55.5 Å². The van der Waals surface area contributed by atoms with E-state index in [0.717, 1.165) is 103 Å². The number of rotatable bonds is 37. The fourth-order valence-corrected chi connectivity index (χ4v) is 5.64. The highest BCUT2D eigenvalue weighted by Gasteiger charge is 2.25. The summed E-state index contributed by atoms with van der Waals surface area (Å²) in [5.41, 5.74) is 0. The number of unbranched alkanes of at least 4 members (excludes halogenated alkanes) is 7. The van der Waals surface area contributed by atoms with Gasteiger partial charge >= 0.3 is 11.9 Å². The van der Waals surface area contributed by atoms with Gasteiger partial charge in [0.1, 0.15) is 12.6 Å². The average molecular weight is 794 g/mol. The lowest BCUT2D eigenvalue weighted by molar-refractivity contribution is -0.889. The molecule has 0 aromatic carbocycles. The molecule has 2 atom stereocenters. The lowest BCUT2D eigenvalue weighted by Crippen LogP contribution is -2.55. The SMILES string of the molecule is CC/C=C/C/C=C/C/C=C/C/C=C/C/C=C/C/C=C/CCCCC(=O)OCC(COCCC(C(=O)[O-])[N+](C)(C)C)OC(=O)CCCCCCC/C=C/C/C=C/CC. The number of ether oxygens (including phenoxy) is 3. The molecule has 0 saturated heterocycles. The van der Waals surface area contributed by atoms with E-state index in [0.29, 0.717) is 6.42 Å². The summed E-state index contributed by atoms with van der Waals surface area (Å²) >= 11 is 0. The highest BCUT2D eigenvalue weighted by atomic mass is 16.6. The lowest BCUT2D eigenvalue weighted by Gasteiger charge is -2.34. The van der Waals surface area contributed by atoms with Gasteiger partial charge in [-0.15, -0.1) is 0 Å². The fourth-order valence-electron chi connectivity index (χ4n) is 5.64. The Morgan fingerprint density at radius 3 is 1.40 bits per heavy atom. The zero-order valence-corrected chi connectivity index (χ0v) is 36.5. The molecule has 0 aliphatic heterocycles. The van der Waals surface area contributed by atoms with E-state index < -0.39 is 18.1 Å². The number of aliphatic carboxylic acids is 1. The highest BCUT2D eigenvalue weighted by molar-refractivity contribution is 5.70. The number of carbonyl (C=O) groups excluding carboxylic acids is 3. The molecular weight excluding hydrogens is 715 g/mol. The summed E-state index contributed by atoms with van der Waals surface area (Å²) in [6, 6.07) is -0.740. The van der Waals surface area contributed by atoms with Crippen molar-refractivity contribution in [3.05, 3.63) is 97.2 Å². The van der Waals surface area contributed by atoms with Crippen LogP contribution in [0.3, 0.4) is 0 Å². The summed E-state index contributed by atoms with van der Waals surface area (Å²) in [5.74, 6) is -1.83. The Balaban J connectivity index is 4.44. The van der Waals surface area contributed by atoms with Gasteiger partial charge in [0.05, 0.1) is 40.3 Å². The maximum Gasteiger partial charge on any atom is 0.306 e. The molecule has 57 heavy (non-hydrogen) atoms. The van der Waals surface area contributed by atoms with Crippen LogP contribution in [0.4, 0.5) is 0 Å². The number of allylic oxidation sites excluding steroid dienone is 16. The summed E-state index contributed by atoms with van der Waals surface area (Å²) in [4.78, 5) is 36.8. The Kier molecular flexibility index (Phi) is 36.5. The molecule has 8 nitrogen and oxygen atoms in total. The monoisotopic (exact) mass is 794 g/mol. The Hall–Kier alpha value is -3.75. The number of esters is 2. The predicted octanol–water partition coefficient (Wildman–Crippen LogP) is 10.6. The third-order valence-corrected chi connectivity index (χ3v) is 8.97. The molecule has 0 aromatic rings. The first-order valence-electron chi connectivity index (χ1n) is 21.8. The molecule has 0 spiro atoms. The maximum absolute atomic E-state index is 12.7. The summed E-state index contributed by atoms with van der Waals surface area (Å²) < 4.78 is 17.1. The molecule has 0 fully saturated rings. The second-order valence-electron chi connectivity index (χ2n) is 15.2. The largest absolute Gasteiger partial charge is 0.544 e. The van der Waals surface area contributed by atoms with Crippen LogP contribution in [0.25, 0.3) is 0 Å². The number of likely N-dealkylation sites (N-methyl/N-ethyl adjacent to an activating group) is 1. The zero-order chi connectivity index (χ0) is 42.1. The second kappa shape index (κ2) is 39.1. The highest BCUT2D eigenvalue weighted by Crippen LogP contribution is 2.12. The number of nitrogens with zero attached hydrogens (tertiary/aromatic N) is 1. The normalized spacial score (nSPS) is 13.9. The Morgan fingerprint density at radius 2 is 0.930 bits per heavy atom. The molecule has 0 aliphatic rings. The molecule has 0 aromatic heterocycles. The van der Waals surface area contributed by atoms with E-state index in [1.54, 1.807) is 21.1 Å². The van der Waals surface area contributed by atoms with Crippen LogP contribution in [0.5, 0.6) is 0 Å². The average Bonchev–Trinajstić information content (AvgIpc) is 3.17. The lowest BCUT2D eigenvalue weighted by atomic mass is 10.1. The molecule has 0 bridgehead atoms. The second-order valence-corrected chi connectivity index (χ2v) is 15.2. The minimum absolute atomic E-state index is 0.0143. The minimum Gasteiger partial charge on any atom is -0.544 e. The van der Waals surface area contributed by atoms with Gasteiger partial charge in [-0.25, -0.2) is 0 Å². The number of hydrogen-bond donors (Lipinski definition) is 0. The van der Waals surface area contributed by atoms with Gasteiger partial charge in [0.15, 0.2) is 6.10 Å². The van der Waals surface area contributed by atoms with Crippen molar-refractivity contribution in [2.75, 3.05) is 41.0 Å². The van der Waals surface area contributed by atoms with Crippen LogP contribution in [0.15, 0.2) is 97.2 Å². The van der Waals surface area contributed by atoms with Gasteiger partial charge in [-0.1, -0.05) is 130 Å². The van der Waals surface area contributed by atoms with Crippen molar-refractivity contribution in [3.63, 3.8) is 0 Å². The summed E-state index contributed by atoms with van der Waals surface area (Å²) in [6.07, 6.45) is 51.5. The number of carboxylic acids is 1. The fraction of sp³-hybridized carbons (Fsp3) is 0.612. The number of hydrogen-bond acceptors (Lipinski definition) is 7. The van der Waals surface area contributed by atoms with Gasteiger partial charge < -0.3 is 28.6 Å². The first-order valence-corrected chi connectivity index (χ1v) is 21.8. The molecule has 0 radical (unpaired) electrons. The molecule has 0 aliphatic carbocycles. The molecule has 2 unspecified atom stereocenters. The van der Waals surface area contributed by atoms with Crippen molar-refractivity contribution < 1.29 is 38.2 Å². The van der Waals surface area contributed by atoms with Crippen LogP contribution >= 0.6 is 0 Å². The quantitative estimate of drug-likeness (QED) is 0.0267. The molecule has 0 heterocycles. The number of carbonyl (C=O) groups is 3. The Labute approximate surface area is 347 Å². The number of carboxylic acid groups (broad SMARTS) is 1. The van der Waals surface area contributed by atoms with Crippen LogP contribution in [-0.4, -0.2) is 75.5 Å². The van der Waals surface area contributed by atoms with E-state index in [4.69, 9.17) is 14.2 Å².